The summed E-state index contributed by atoms with van der Waals surface area (Å²) in [6, 6.07) is 62.9. The minimum absolute atomic E-state index is 0.351. The van der Waals surface area contributed by atoms with Crippen molar-refractivity contribution in [3.05, 3.63) is 228 Å². The van der Waals surface area contributed by atoms with Gasteiger partial charge in [0.2, 0.25) is 5.95 Å². The fraction of sp³-hybridized carbons (Fsp3) is 0.0536. The van der Waals surface area contributed by atoms with Crippen LogP contribution >= 0.6 is 0 Å². The first-order valence-corrected chi connectivity index (χ1v) is 21.0. The number of fused-ring (bicyclic) bond motifs is 14. The molecule has 13 rings (SSSR count). The second-order valence-corrected chi connectivity index (χ2v) is 16.2. The Balaban J connectivity index is 1.11. The van der Waals surface area contributed by atoms with Gasteiger partial charge in [-0.2, -0.15) is 9.97 Å². The number of benzene rings is 8. The van der Waals surface area contributed by atoms with Crippen LogP contribution in [0, 0.1) is 0 Å². The van der Waals surface area contributed by atoms with Crippen LogP contribution in [0.15, 0.2) is 200 Å². The smallest absolute Gasteiger partial charge is 0.238 e. The summed E-state index contributed by atoms with van der Waals surface area (Å²) in [4.78, 5) is 15.9. The standard InChI is InChI=1S/C56H36N4O/c1-3-15-35(16-4-1)36-27-29-39(30-28-36)54-57-53(38-18-5-2-6-19-38)58-55(59-54)60-49-34-51-48(33-44(49)43-32-31-37-17-7-8-20-40(37)52(43)60)56(47-25-13-14-26-50(47)61-51)45-23-11-9-21-41(45)42-22-10-12-24-46(42)56/h1-15,17-35H,16H2. The first-order valence-electron chi connectivity index (χ1n) is 21.0. The molecule has 3 aliphatic rings. The fourth-order valence-corrected chi connectivity index (χ4v) is 10.4. The summed E-state index contributed by atoms with van der Waals surface area (Å²) in [5, 5.41) is 4.48. The van der Waals surface area contributed by atoms with Gasteiger partial charge in [-0.3, -0.25) is 4.57 Å². The van der Waals surface area contributed by atoms with Gasteiger partial charge in [-0.25, -0.2) is 4.98 Å². The summed E-state index contributed by atoms with van der Waals surface area (Å²) < 4.78 is 9.29. The van der Waals surface area contributed by atoms with Gasteiger partial charge in [0.15, 0.2) is 11.6 Å². The number of ether oxygens (including phenoxy) is 1. The van der Waals surface area contributed by atoms with E-state index >= 15 is 0 Å². The number of aromatic nitrogens is 4. The third-order valence-electron chi connectivity index (χ3n) is 13.1. The van der Waals surface area contributed by atoms with E-state index in [1.807, 2.05) is 18.2 Å². The van der Waals surface area contributed by atoms with Crippen LogP contribution in [0.4, 0.5) is 0 Å². The highest BCUT2D eigenvalue weighted by Crippen LogP contribution is 2.62. The first-order chi connectivity index (χ1) is 30.2. The number of hydrogen-bond donors (Lipinski definition) is 0. The Morgan fingerprint density at radius 3 is 1.93 bits per heavy atom. The molecular weight excluding hydrogens is 745 g/mol. The topological polar surface area (TPSA) is 52.8 Å². The molecule has 10 aromatic rings. The quantitative estimate of drug-likeness (QED) is 0.178. The summed E-state index contributed by atoms with van der Waals surface area (Å²) in [7, 11) is 0. The Morgan fingerprint density at radius 2 is 1.18 bits per heavy atom. The molecule has 2 aromatic heterocycles. The summed E-state index contributed by atoms with van der Waals surface area (Å²) >= 11 is 0. The minimum Gasteiger partial charge on any atom is -0.457 e. The molecule has 1 unspecified atom stereocenters. The van der Waals surface area contributed by atoms with Gasteiger partial charge in [0, 0.05) is 50.4 Å². The maximum atomic E-state index is 7.05. The molecule has 0 amide bonds. The molecule has 0 N–H and O–H groups in total. The van der Waals surface area contributed by atoms with Gasteiger partial charge in [-0.05, 0) is 51.8 Å². The van der Waals surface area contributed by atoms with Crippen molar-refractivity contribution < 1.29 is 4.74 Å². The van der Waals surface area contributed by atoms with E-state index in [0.29, 0.717) is 23.5 Å². The van der Waals surface area contributed by atoms with Crippen LogP contribution in [0.5, 0.6) is 11.5 Å². The maximum Gasteiger partial charge on any atom is 0.238 e. The van der Waals surface area contributed by atoms with Gasteiger partial charge in [0.05, 0.1) is 16.4 Å². The van der Waals surface area contributed by atoms with Crippen LogP contribution in [-0.2, 0) is 5.41 Å². The minimum atomic E-state index is -0.590. The third kappa shape index (κ3) is 4.92. The molecule has 1 aliphatic heterocycles. The monoisotopic (exact) mass is 780 g/mol. The van der Waals surface area contributed by atoms with Crippen molar-refractivity contribution >= 4 is 32.6 Å². The van der Waals surface area contributed by atoms with Gasteiger partial charge < -0.3 is 4.74 Å². The zero-order valence-corrected chi connectivity index (χ0v) is 33.0. The molecule has 1 atom stereocenters. The van der Waals surface area contributed by atoms with E-state index in [-0.39, 0.29) is 0 Å². The zero-order chi connectivity index (χ0) is 40.1. The molecule has 0 saturated heterocycles. The predicted molar refractivity (Wildman–Crippen MR) is 246 cm³/mol. The summed E-state index contributed by atoms with van der Waals surface area (Å²) in [6.45, 7) is 0. The van der Waals surface area contributed by atoms with E-state index in [0.717, 1.165) is 72.8 Å². The number of nitrogens with zero attached hydrogens (tertiary/aromatic N) is 4. The van der Waals surface area contributed by atoms with Crippen molar-refractivity contribution in [3.63, 3.8) is 0 Å². The van der Waals surface area contributed by atoms with E-state index in [1.165, 1.54) is 27.8 Å². The van der Waals surface area contributed by atoms with E-state index in [4.69, 9.17) is 19.7 Å². The van der Waals surface area contributed by atoms with Gasteiger partial charge in [0.1, 0.15) is 11.5 Å². The van der Waals surface area contributed by atoms with Crippen LogP contribution in [0.2, 0.25) is 0 Å². The lowest BCUT2D eigenvalue weighted by Gasteiger charge is -2.39. The highest BCUT2D eigenvalue weighted by molar-refractivity contribution is 6.19. The molecule has 0 fully saturated rings. The highest BCUT2D eigenvalue weighted by atomic mass is 16.5. The van der Waals surface area contributed by atoms with Crippen LogP contribution in [0.1, 0.15) is 40.2 Å². The number of rotatable bonds is 4. The molecule has 8 aromatic carbocycles. The molecule has 286 valence electrons. The van der Waals surface area contributed by atoms with Crippen LogP contribution < -0.4 is 4.74 Å². The molecular formula is C56H36N4O. The zero-order valence-electron chi connectivity index (χ0n) is 33.0. The van der Waals surface area contributed by atoms with Gasteiger partial charge in [0.25, 0.3) is 0 Å². The molecule has 3 heterocycles. The van der Waals surface area contributed by atoms with Crippen molar-refractivity contribution in [1.82, 2.24) is 19.5 Å². The lowest BCUT2D eigenvalue weighted by Crippen LogP contribution is -2.32. The molecule has 5 nitrogen and oxygen atoms in total. The Labute approximate surface area is 352 Å². The van der Waals surface area contributed by atoms with E-state index in [9.17, 15) is 0 Å². The second-order valence-electron chi connectivity index (χ2n) is 16.2. The Morgan fingerprint density at radius 1 is 0.508 bits per heavy atom. The molecule has 61 heavy (non-hydrogen) atoms. The fourth-order valence-electron chi connectivity index (χ4n) is 10.4. The molecule has 5 heteroatoms. The van der Waals surface area contributed by atoms with Crippen LogP contribution in [-0.4, -0.2) is 19.5 Å². The number of para-hydroxylation sites is 1. The Bertz CT molecular complexity index is 3440. The van der Waals surface area contributed by atoms with Gasteiger partial charge in [-0.1, -0.05) is 182 Å². The van der Waals surface area contributed by atoms with Crippen molar-refractivity contribution in [2.45, 2.75) is 17.8 Å². The van der Waals surface area contributed by atoms with Crippen molar-refractivity contribution in [2.24, 2.45) is 0 Å². The molecule has 0 radical (unpaired) electrons. The van der Waals surface area contributed by atoms with Gasteiger partial charge in [-0.15, -0.1) is 0 Å². The number of allylic oxidation sites excluding steroid dienone is 4. The average Bonchev–Trinajstić information content (AvgIpc) is 3.82. The average molecular weight is 781 g/mol. The molecule has 0 bridgehead atoms. The van der Waals surface area contributed by atoms with Crippen molar-refractivity contribution in [2.75, 3.05) is 0 Å². The largest absolute Gasteiger partial charge is 0.457 e. The van der Waals surface area contributed by atoms with Crippen molar-refractivity contribution in [3.8, 4) is 51.3 Å². The Hall–Kier alpha value is -7.89. The maximum absolute atomic E-state index is 7.05. The lowest BCUT2D eigenvalue weighted by atomic mass is 9.66. The lowest BCUT2D eigenvalue weighted by molar-refractivity contribution is 0.437. The number of hydrogen-bond acceptors (Lipinski definition) is 4. The SMILES string of the molecule is C1=CCC(c2ccc(-c3nc(-c4ccccc4)nc(-n4c5cc6c(cc5c5ccc7ccccc7c54)C4(c5ccccc5O6)c5ccccc5-c5ccccc54)n3)cc2)C=C1. The van der Waals surface area contributed by atoms with Crippen LogP contribution in [0.25, 0.3) is 72.4 Å². The Kier molecular flexibility index (Phi) is 7.28. The highest BCUT2D eigenvalue weighted by Gasteiger charge is 2.51. The molecule has 2 aliphatic carbocycles. The van der Waals surface area contributed by atoms with E-state index in [1.54, 1.807) is 0 Å². The summed E-state index contributed by atoms with van der Waals surface area (Å²) in [6.07, 6.45) is 9.73. The third-order valence-corrected chi connectivity index (χ3v) is 13.1. The predicted octanol–water partition coefficient (Wildman–Crippen LogP) is 13.5. The summed E-state index contributed by atoms with van der Waals surface area (Å²) in [5.74, 6) is 3.79. The first kappa shape index (κ1) is 34.0. The van der Waals surface area contributed by atoms with Crippen LogP contribution in [0.3, 0.4) is 0 Å². The van der Waals surface area contributed by atoms with Crippen molar-refractivity contribution in [1.29, 1.82) is 0 Å². The molecule has 0 saturated carbocycles. The van der Waals surface area contributed by atoms with E-state index < -0.39 is 5.41 Å². The van der Waals surface area contributed by atoms with Gasteiger partial charge >= 0.3 is 0 Å². The molecule has 1 spiro atoms. The second kappa shape index (κ2) is 13.1. The normalized spacial score (nSPS) is 15.4. The van der Waals surface area contributed by atoms with E-state index in [2.05, 4.69) is 187 Å². The summed E-state index contributed by atoms with van der Waals surface area (Å²) in [5.41, 5.74) is 11.8.